The van der Waals surface area contributed by atoms with Crippen molar-refractivity contribution in [3.63, 3.8) is 0 Å². The molecule has 0 radical (unpaired) electrons. The van der Waals surface area contributed by atoms with E-state index in [0.717, 1.165) is 12.8 Å². The van der Waals surface area contributed by atoms with Crippen molar-refractivity contribution >= 4 is 0 Å². The van der Waals surface area contributed by atoms with E-state index in [0.29, 0.717) is 11.8 Å². The monoisotopic (exact) mass is 237 g/mol. The van der Waals surface area contributed by atoms with Gasteiger partial charge in [0.1, 0.15) is 17.7 Å². The Bertz CT molecular complexity index is 396. The maximum absolute atomic E-state index is 13.1. The number of hydrogen-bond acceptors (Lipinski definition) is 2. The minimum atomic E-state index is -0.245. The molecule has 1 aliphatic carbocycles. The lowest BCUT2D eigenvalue weighted by atomic mass is 9.61. The van der Waals surface area contributed by atoms with Gasteiger partial charge in [-0.3, -0.25) is 0 Å². The summed E-state index contributed by atoms with van der Waals surface area (Å²) < 4.78 is 19.0. The second-order valence-electron chi connectivity index (χ2n) is 5.00. The molecule has 1 aromatic rings. The molecule has 0 bridgehead atoms. The summed E-state index contributed by atoms with van der Waals surface area (Å²) in [7, 11) is 1.98. The first-order valence-corrected chi connectivity index (χ1v) is 6.19. The Labute approximate surface area is 102 Å². The molecule has 0 saturated heterocycles. The first-order chi connectivity index (χ1) is 8.10. The van der Waals surface area contributed by atoms with Gasteiger partial charge >= 0.3 is 0 Å². The van der Waals surface area contributed by atoms with Crippen molar-refractivity contribution in [1.82, 2.24) is 5.32 Å². The fraction of sp³-hybridized carbons (Fsp3) is 0.571. The second kappa shape index (κ2) is 4.65. The Balaban J connectivity index is 2.06. The van der Waals surface area contributed by atoms with Crippen LogP contribution in [0.3, 0.4) is 0 Å². The summed E-state index contributed by atoms with van der Waals surface area (Å²) in [6.45, 7) is 4.40. The first-order valence-electron chi connectivity index (χ1n) is 6.19. The van der Waals surface area contributed by atoms with Crippen LogP contribution in [0.15, 0.2) is 24.3 Å². The van der Waals surface area contributed by atoms with Crippen LogP contribution in [0, 0.1) is 11.2 Å². The fourth-order valence-electron chi connectivity index (χ4n) is 2.63. The van der Waals surface area contributed by atoms with Gasteiger partial charge in [0.2, 0.25) is 0 Å². The lowest BCUT2D eigenvalue weighted by molar-refractivity contribution is -0.0678. The number of ether oxygens (including phenoxy) is 1. The largest absolute Gasteiger partial charge is 0.490 e. The summed E-state index contributed by atoms with van der Waals surface area (Å²) in [5.74, 6) is 0.384. The van der Waals surface area contributed by atoms with Crippen LogP contribution in [0.1, 0.15) is 26.7 Å². The van der Waals surface area contributed by atoms with E-state index in [1.165, 1.54) is 12.1 Å². The maximum Gasteiger partial charge on any atom is 0.126 e. The van der Waals surface area contributed by atoms with E-state index in [1.54, 1.807) is 6.07 Å². The normalized spacial score (nSPS) is 32.0. The predicted molar refractivity (Wildman–Crippen MR) is 66.7 cm³/mol. The molecule has 3 atom stereocenters. The highest BCUT2D eigenvalue weighted by molar-refractivity contribution is 5.24. The van der Waals surface area contributed by atoms with Crippen molar-refractivity contribution < 1.29 is 9.13 Å². The Hall–Kier alpha value is -1.09. The van der Waals surface area contributed by atoms with Gasteiger partial charge in [0.05, 0.1) is 0 Å². The van der Waals surface area contributed by atoms with E-state index in [9.17, 15) is 4.39 Å². The molecular formula is C14H20FNO. The number of hydrogen-bond donors (Lipinski definition) is 1. The molecule has 0 aromatic heterocycles. The van der Waals surface area contributed by atoms with Gasteiger partial charge < -0.3 is 10.1 Å². The molecule has 1 aliphatic rings. The zero-order chi connectivity index (χ0) is 12.5. The molecule has 17 heavy (non-hydrogen) atoms. The van der Waals surface area contributed by atoms with Crippen molar-refractivity contribution in [3.8, 4) is 5.75 Å². The van der Waals surface area contributed by atoms with Gasteiger partial charge in [0.25, 0.3) is 0 Å². The molecule has 1 fully saturated rings. The molecule has 1 N–H and O–H groups in total. The summed E-state index contributed by atoms with van der Waals surface area (Å²) in [4.78, 5) is 0. The van der Waals surface area contributed by atoms with E-state index in [1.807, 2.05) is 13.1 Å². The molecule has 1 aromatic carbocycles. The Morgan fingerprint density at radius 2 is 2.29 bits per heavy atom. The van der Waals surface area contributed by atoms with Gasteiger partial charge in [0, 0.05) is 23.9 Å². The van der Waals surface area contributed by atoms with Crippen molar-refractivity contribution in [1.29, 1.82) is 0 Å². The predicted octanol–water partition coefficient (Wildman–Crippen LogP) is 2.98. The molecule has 2 rings (SSSR count). The van der Waals surface area contributed by atoms with Crippen LogP contribution < -0.4 is 10.1 Å². The molecule has 0 heterocycles. The zero-order valence-corrected chi connectivity index (χ0v) is 10.7. The van der Waals surface area contributed by atoms with Crippen LogP contribution in [0.25, 0.3) is 0 Å². The summed E-state index contributed by atoms with van der Waals surface area (Å²) in [5.41, 5.74) is 0.140. The van der Waals surface area contributed by atoms with E-state index in [-0.39, 0.29) is 17.3 Å². The van der Waals surface area contributed by atoms with Crippen LogP contribution in [0.2, 0.25) is 0 Å². The van der Waals surface area contributed by atoms with E-state index in [2.05, 4.69) is 19.2 Å². The van der Waals surface area contributed by atoms with Crippen molar-refractivity contribution in [2.45, 2.75) is 38.8 Å². The van der Waals surface area contributed by atoms with Crippen LogP contribution in [0.4, 0.5) is 4.39 Å². The standard InChI is InChI=1S/C14H20FNO/c1-4-14(2)12(16-3)9-13(14)17-11-7-5-6-10(15)8-11/h5-8,12-13,16H,4,9H2,1-3H3. The zero-order valence-electron chi connectivity index (χ0n) is 10.7. The van der Waals surface area contributed by atoms with Crippen molar-refractivity contribution in [2.24, 2.45) is 5.41 Å². The SMILES string of the molecule is CCC1(C)C(NC)CC1Oc1cccc(F)c1. The van der Waals surface area contributed by atoms with Crippen LogP contribution in [0.5, 0.6) is 5.75 Å². The summed E-state index contributed by atoms with van der Waals surface area (Å²) in [5, 5.41) is 3.32. The van der Waals surface area contributed by atoms with E-state index in [4.69, 9.17) is 4.74 Å². The molecule has 94 valence electrons. The van der Waals surface area contributed by atoms with E-state index < -0.39 is 0 Å². The first kappa shape index (κ1) is 12.4. The van der Waals surface area contributed by atoms with Gasteiger partial charge in [0.15, 0.2) is 0 Å². The third-order valence-corrected chi connectivity index (χ3v) is 4.17. The highest BCUT2D eigenvalue weighted by atomic mass is 19.1. The molecule has 3 heteroatoms. The number of nitrogens with one attached hydrogen (secondary N) is 1. The van der Waals surface area contributed by atoms with Gasteiger partial charge in [-0.25, -0.2) is 4.39 Å². The van der Waals surface area contributed by atoms with E-state index >= 15 is 0 Å². The lowest BCUT2D eigenvalue weighted by Gasteiger charge is -2.53. The maximum atomic E-state index is 13.1. The Morgan fingerprint density at radius 1 is 1.53 bits per heavy atom. The highest BCUT2D eigenvalue weighted by Gasteiger charge is 2.51. The molecule has 0 amide bonds. The van der Waals surface area contributed by atoms with Crippen molar-refractivity contribution in [2.75, 3.05) is 7.05 Å². The van der Waals surface area contributed by atoms with Gasteiger partial charge in [-0.2, -0.15) is 0 Å². The number of benzene rings is 1. The van der Waals surface area contributed by atoms with Gasteiger partial charge in [-0.05, 0) is 25.6 Å². The topological polar surface area (TPSA) is 21.3 Å². The van der Waals surface area contributed by atoms with Gasteiger partial charge in [-0.1, -0.05) is 19.9 Å². The fourth-order valence-corrected chi connectivity index (χ4v) is 2.63. The average molecular weight is 237 g/mol. The summed E-state index contributed by atoms with van der Waals surface area (Å²) in [6.07, 6.45) is 2.21. The summed E-state index contributed by atoms with van der Waals surface area (Å²) in [6, 6.07) is 6.87. The molecular weight excluding hydrogens is 217 g/mol. The molecule has 2 nitrogen and oxygen atoms in total. The quantitative estimate of drug-likeness (QED) is 0.869. The minimum absolute atomic E-state index is 0.140. The minimum Gasteiger partial charge on any atom is -0.490 e. The van der Waals surface area contributed by atoms with Crippen LogP contribution in [-0.2, 0) is 0 Å². The van der Waals surface area contributed by atoms with Crippen LogP contribution >= 0.6 is 0 Å². The Kier molecular flexibility index (Phi) is 3.38. The number of rotatable bonds is 4. The third-order valence-electron chi connectivity index (χ3n) is 4.17. The smallest absolute Gasteiger partial charge is 0.126 e. The second-order valence-corrected chi connectivity index (χ2v) is 5.00. The average Bonchev–Trinajstić information content (AvgIpc) is 2.33. The number of halogens is 1. The molecule has 0 spiro atoms. The lowest BCUT2D eigenvalue weighted by Crippen LogP contribution is -2.62. The molecule has 3 unspecified atom stereocenters. The highest BCUT2D eigenvalue weighted by Crippen LogP contribution is 2.45. The van der Waals surface area contributed by atoms with Gasteiger partial charge in [-0.15, -0.1) is 0 Å². The third kappa shape index (κ3) is 2.16. The summed E-state index contributed by atoms with van der Waals surface area (Å²) >= 11 is 0. The Morgan fingerprint density at radius 3 is 2.88 bits per heavy atom. The molecule has 0 aliphatic heterocycles. The van der Waals surface area contributed by atoms with Crippen LogP contribution in [-0.4, -0.2) is 19.2 Å². The molecule has 1 saturated carbocycles. The van der Waals surface area contributed by atoms with Crippen molar-refractivity contribution in [3.05, 3.63) is 30.1 Å².